The molecule has 4 rings (SSSR count). The van der Waals surface area contributed by atoms with Crippen molar-refractivity contribution in [2.45, 2.75) is 25.8 Å². The van der Waals surface area contributed by atoms with Gasteiger partial charge >= 0.3 is 0 Å². The monoisotopic (exact) mass is 370 g/mol. The Labute approximate surface area is 153 Å². The number of nitrogens with one attached hydrogen (secondary N) is 1. The van der Waals surface area contributed by atoms with Crippen LogP contribution >= 0.6 is 0 Å². The third kappa shape index (κ3) is 3.70. The van der Waals surface area contributed by atoms with Gasteiger partial charge in [-0.25, -0.2) is 13.5 Å². The van der Waals surface area contributed by atoms with Crippen LogP contribution in [-0.2, 0) is 24.4 Å². The molecule has 2 heterocycles. The first-order valence-corrected chi connectivity index (χ1v) is 8.42. The van der Waals surface area contributed by atoms with Crippen molar-refractivity contribution in [3.63, 3.8) is 0 Å². The lowest BCUT2D eigenvalue weighted by molar-refractivity contribution is -0.00180. The lowest BCUT2D eigenvalue weighted by Crippen LogP contribution is -2.27. The summed E-state index contributed by atoms with van der Waals surface area (Å²) >= 11 is 0. The number of hydrogen-bond donors (Lipinski definition) is 1. The lowest BCUT2D eigenvalue weighted by atomic mass is 10.1. The number of halogens is 2. The molecular weight excluding hydrogens is 354 g/mol. The van der Waals surface area contributed by atoms with Crippen LogP contribution in [0.3, 0.4) is 0 Å². The zero-order valence-electron chi connectivity index (χ0n) is 14.2. The largest absolute Gasteiger partial charge is 0.365 e. The first-order chi connectivity index (χ1) is 13.1. The molecule has 6 nitrogen and oxygen atoms in total. The molecule has 1 aliphatic rings. The maximum atomic E-state index is 13.1. The van der Waals surface area contributed by atoms with Gasteiger partial charge in [-0.2, -0.15) is 0 Å². The summed E-state index contributed by atoms with van der Waals surface area (Å²) in [6.07, 6.45) is -0.282. The Balaban J connectivity index is 1.43. The number of hydrogen-bond acceptors (Lipinski definition) is 4. The third-order valence-electron chi connectivity index (χ3n) is 4.42. The quantitative estimate of drug-likeness (QED) is 0.767. The number of amides is 1. The van der Waals surface area contributed by atoms with E-state index < -0.39 is 0 Å². The van der Waals surface area contributed by atoms with Crippen molar-refractivity contribution in [2.24, 2.45) is 0 Å². The molecular formula is C19H16F2N4O2. The molecule has 0 fully saturated rings. The second-order valence-corrected chi connectivity index (χ2v) is 6.23. The van der Waals surface area contributed by atoms with Crippen LogP contribution in [0.25, 0.3) is 0 Å². The first-order valence-electron chi connectivity index (χ1n) is 8.42. The zero-order valence-corrected chi connectivity index (χ0v) is 14.2. The Hall–Kier alpha value is -3.13. The molecule has 0 radical (unpaired) electrons. The highest BCUT2D eigenvalue weighted by Crippen LogP contribution is 2.27. The number of fused-ring (bicyclic) bond motifs is 1. The average molecular weight is 370 g/mol. The van der Waals surface area contributed by atoms with Crippen LogP contribution in [0.15, 0.2) is 48.5 Å². The van der Waals surface area contributed by atoms with Gasteiger partial charge < -0.3 is 10.1 Å². The highest BCUT2D eigenvalue weighted by atomic mass is 19.1. The van der Waals surface area contributed by atoms with E-state index in [1.54, 1.807) is 28.9 Å². The van der Waals surface area contributed by atoms with Crippen molar-refractivity contribution in [1.29, 1.82) is 0 Å². The van der Waals surface area contributed by atoms with Crippen LogP contribution < -0.4 is 5.32 Å². The summed E-state index contributed by atoms with van der Waals surface area (Å²) in [7, 11) is 0. The first kappa shape index (κ1) is 17.3. The fourth-order valence-electron chi connectivity index (χ4n) is 2.94. The zero-order chi connectivity index (χ0) is 18.8. The van der Waals surface area contributed by atoms with E-state index in [0.717, 1.165) is 11.1 Å². The maximum Gasteiger partial charge on any atom is 0.274 e. The topological polar surface area (TPSA) is 69.0 Å². The standard InChI is InChI=1S/C19H16F2N4O2/c20-14-5-1-12(2-6-14)9-22-19(26)18-16-11-27-17(10-25(16)24-23-18)13-3-7-15(21)8-4-13/h1-8,17H,9-11H2,(H,22,26)/t17-/m1/s1. The van der Waals surface area contributed by atoms with E-state index in [0.29, 0.717) is 12.2 Å². The van der Waals surface area contributed by atoms with Gasteiger partial charge in [0.15, 0.2) is 5.69 Å². The molecule has 27 heavy (non-hydrogen) atoms. The fourth-order valence-corrected chi connectivity index (χ4v) is 2.94. The molecule has 0 spiro atoms. The molecule has 1 amide bonds. The molecule has 1 aromatic heterocycles. The van der Waals surface area contributed by atoms with Crippen LogP contribution in [0.2, 0.25) is 0 Å². The van der Waals surface area contributed by atoms with Crippen LogP contribution in [-0.4, -0.2) is 20.9 Å². The van der Waals surface area contributed by atoms with E-state index in [1.807, 2.05) is 0 Å². The Morgan fingerprint density at radius 3 is 2.48 bits per heavy atom. The molecule has 1 N–H and O–H groups in total. The third-order valence-corrected chi connectivity index (χ3v) is 4.42. The Morgan fingerprint density at radius 2 is 1.78 bits per heavy atom. The summed E-state index contributed by atoms with van der Waals surface area (Å²) < 4.78 is 33.4. The second-order valence-electron chi connectivity index (χ2n) is 6.23. The van der Waals surface area contributed by atoms with Crippen molar-refractivity contribution in [1.82, 2.24) is 20.3 Å². The molecule has 0 saturated heterocycles. The minimum absolute atomic E-state index is 0.175. The molecule has 138 valence electrons. The van der Waals surface area contributed by atoms with Gasteiger partial charge in [-0.3, -0.25) is 4.79 Å². The van der Waals surface area contributed by atoms with Crippen molar-refractivity contribution in [3.05, 3.63) is 82.7 Å². The average Bonchev–Trinajstić information content (AvgIpc) is 3.11. The Kier molecular flexibility index (Phi) is 4.64. The van der Waals surface area contributed by atoms with Gasteiger partial charge in [0, 0.05) is 6.54 Å². The predicted octanol–water partition coefficient (Wildman–Crippen LogP) is 2.76. The van der Waals surface area contributed by atoms with Crippen molar-refractivity contribution < 1.29 is 18.3 Å². The SMILES string of the molecule is O=C(NCc1ccc(F)cc1)c1nnn2c1CO[C@@H](c1ccc(F)cc1)C2. The van der Waals surface area contributed by atoms with Gasteiger partial charge in [0.1, 0.15) is 17.7 Å². The van der Waals surface area contributed by atoms with Crippen molar-refractivity contribution in [3.8, 4) is 0 Å². The molecule has 8 heteroatoms. The molecule has 0 saturated carbocycles. The van der Waals surface area contributed by atoms with E-state index in [2.05, 4.69) is 15.6 Å². The normalized spacial score (nSPS) is 16.0. The summed E-state index contributed by atoms with van der Waals surface area (Å²) in [5.74, 6) is -1.01. The molecule has 0 unspecified atom stereocenters. The molecule has 2 aromatic carbocycles. The van der Waals surface area contributed by atoms with Crippen LogP contribution in [0, 0.1) is 11.6 Å². The smallest absolute Gasteiger partial charge is 0.274 e. The second kappa shape index (κ2) is 7.24. The van der Waals surface area contributed by atoms with E-state index in [9.17, 15) is 13.6 Å². The van der Waals surface area contributed by atoms with Gasteiger partial charge in [-0.1, -0.05) is 29.5 Å². The van der Waals surface area contributed by atoms with Crippen molar-refractivity contribution >= 4 is 5.91 Å². The number of aromatic nitrogens is 3. The number of rotatable bonds is 4. The molecule has 1 aliphatic heterocycles. The lowest BCUT2D eigenvalue weighted by Gasteiger charge is -2.24. The Morgan fingerprint density at radius 1 is 1.11 bits per heavy atom. The molecule has 3 aromatic rings. The number of carbonyl (C=O) groups excluding carboxylic acids is 1. The Bertz CT molecular complexity index is 955. The number of nitrogens with zero attached hydrogens (tertiary/aromatic N) is 3. The minimum atomic E-state index is -0.371. The van der Waals surface area contributed by atoms with E-state index >= 15 is 0 Å². The van der Waals surface area contributed by atoms with Gasteiger partial charge in [0.05, 0.1) is 18.8 Å². The summed E-state index contributed by atoms with van der Waals surface area (Å²) in [6.45, 7) is 0.817. The number of carbonyl (C=O) groups is 1. The number of benzene rings is 2. The summed E-state index contributed by atoms with van der Waals surface area (Å²) in [5, 5.41) is 10.8. The van der Waals surface area contributed by atoms with Crippen molar-refractivity contribution in [2.75, 3.05) is 0 Å². The van der Waals surface area contributed by atoms with Gasteiger partial charge in [-0.05, 0) is 35.4 Å². The maximum absolute atomic E-state index is 13.1. The predicted molar refractivity (Wildman–Crippen MR) is 91.5 cm³/mol. The van der Waals surface area contributed by atoms with Crippen LogP contribution in [0.5, 0.6) is 0 Å². The van der Waals surface area contributed by atoms with E-state index in [4.69, 9.17) is 4.74 Å². The fraction of sp³-hybridized carbons (Fsp3) is 0.211. The molecule has 0 aliphatic carbocycles. The molecule has 1 atom stereocenters. The summed E-state index contributed by atoms with van der Waals surface area (Å²) in [5.41, 5.74) is 2.40. The molecule has 0 bridgehead atoms. The summed E-state index contributed by atoms with van der Waals surface area (Å²) in [6, 6.07) is 12.0. The minimum Gasteiger partial charge on any atom is -0.365 e. The van der Waals surface area contributed by atoms with E-state index in [1.165, 1.54) is 24.3 Å². The van der Waals surface area contributed by atoms with Crippen LogP contribution in [0.1, 0.15) is 33.4 Å². The highest BCUT2D eigenvalue weighted by molar-refractivity contribution is 5.93. The van der Waals surface area contributed by atoms with Crippen LogP contribution in [0.4, 0.5) is 8.78 Å². The number of ether oxygens (including phenoxy) is 1. The van der Waals surface area contributed by atoms with Gasteiger partial charge in [0.2, 0.25) is 0 Å². The summed E-state index contributed by atoms with van der Waals surface area (Å²) in [4.78, 5) is 12.4. The van der Waals surface area contributed by atoms with E-state index in [-0.39, 0.29) is 42.5 Å². The van der Waals surface area contributed by atoms with Gasteiger partial charge in [-0.15, -0.1) is 5.10 Å². The van der Waals surface area contributed by atoms with Gasteiger partial charge in [0.25, 0.3) is 5.91 Å². The highest BCUT2D eigenvalue weighted by Gasteiger charge is 2.27.